The SMILES string of the molecule is CC1(C)SCN(C(=O)C(O)C(Cc2ccccc2)NC(=O)C2CCCO2)C1C(=O)NCC1CCCO1. The molecule has 198 valence electrons. The van der Waals surface area contributed by atoms with Gasteiger partial charge in [-0.15, -0.1) is 11.8 Å². The molecule has 0 bridgehead atoms. The number of hydrogen-bond donors (Lipinski definition) is 3. The van der Waals surface area contributed by atoms with Gasteiger partial charge in [-0.25, -0.2) is 0 Å². The summed E-state index contributed by atoms with van der Waals surface area (Å²) >= 11 is 1.49. The Hall–Kier alpha value is -2.14. The second-order valence-electron chi connectivity index (χ2n) is 10.2. The lowest BCUT2D eigenvalue weighted by atomic mass is 9.97. The molecule has 1 aromatic rings. The molecule has 1 aromatic carbocycles. The van der Waals surface area contributed by atoms with Gasteiger partial charge in [-0.05, 0) is 51.5 Å². The van der Waals surface area contributed by atoms with E-state index in [2.05, 4.69) is 10.6 Å². The fourth-order valence-corrected chi connectivity index (χ4v) is 6.18. The lowest BCUT2D eigenvalue weighted by molar-refractivity contribution is -0.148. The van der Waals surface area contributed by atoms with Crippen LogP contribution >= 0.6 is 11.8 Å². The number of carbonyl (C=O) groups is 3. The number of aliphatic hydroxyl groups is 1. The zero-order chi connectivity index (χ0) is 25.7. The molecular weight excluding hydrogens is 482 g/mol. The highest BCUT2D eigenvalue weighted by Gasteiger charge is 2.50. The topological polar surface area (TPSA) is 117 Å². The summed E-state index contributed by atoms with van der Waals surface area (Å²) in [4.78, 5) is 41.1. The molecule has 36 heavy (non-hydrogen) atoms. The Morgan fingerprint density at radius 2 is 1.83 bits per heavy atom. The van der Waals surface area contributed by atoms with Crippen molar-refractivity contribution in [3.63, 3.8) is 0 Å². The van der Waals surface area contributed by atoms with Crippen LogP contribution in [0.4, 0.5) is 0 Å². The second kappa shape index (κ2) is 11.9. The van der Waals surface area contributed by atoms with Crippen LogP contribution in [-0.2, 0) is 30.3 Å². The first-order valence-corrected chi connectivity index (χ1v) is 13.7. The Kier molecular flexibility index (Phi) is 8.92. The number of aliphatic hydroxyl groups excluding tert-OH is 1. The van der Waals surface area contributed by atoms with Gasteiger partial charge in [0.1, 0.15) is 12.1 Å². The van der Waals surface area contributed by atoms with Crippen LogP contribution < -0.4 is 10.6 Å². The average Bonchev–Trinajstić information content (AvgIpc) is 3.63. The second-order valence-corrected chi connectivity index (χ2v) is 11.8. The molecule has 3 fully saturated rings. The predicted octanol–water partition coefficient (Wildman–Crippen LogP) is 1.23. The molecule has 5 atom stereocenters. The highest BCUT2D eigenvalue weighted by molar-refractivity contribution is 8.00. The number of hydrogen-bond acceptors (Lipinski definition) is 7. The normalized spacial score (nSPS) is 27.0. The van der Waals surface area contributed by atoms with Crippen molar-refractivity contribution in [2.45, 2.75) is 81.1 Å². The van der Waals surface area contributed by atoms with Gasteiger partial charge in [-0.2, -0.15) is 0 Å². The third kappa shape index (κ3) is 6.40. The molecule has 3 amide bonds. The van der Waals surface area contributed by atoms with Crippen molar-refractivity contribution in [2.75, 3.05) is 25.6 Å². The predicted molar refractivity (Wildman–Crippen MR) is 136 cm³/mol. The maximum absolute atomic E-state index is 13.6. The smallest absolute Gasteiger partial charge is 0.254 e. The Labute approximate surface area is 216 Å². The molecule has 3 aliphatic rings. The van der Waals surface area contributed by atoms with Crippen LogP contribution in [0.5, 0.6) is 0 Å². The van der Waals surface area contributed by atoms with Crippen molar-refractivity contribution in [1.29, 1.82) is 0 Å². The van der Waals surface area contributed by atoms with Gasteiger partial charge in [0.2, 0.25) is 11.8 Å². The Morgan fingerprint density at radius 3 is 2.50 bits per heavy atom. The van der Waals surface area contributed by atoms with E-state index < -0.39 is 34.9 Å². The minimum atomic E-state index is -1.52. The van der Waals surface area contributed by atoms with Gasteiger partial charge >= 0.3 is 0 Å². The van der Waals surface area contributed by atoms with Gasteiger partial charge in [-0.1, -0.05) is 30.3 Å². The lowest BCUT2D eigenvalue weighted by Gasteiger charge is -2.33. The van der Waals surface area contributed by atoms with Crippen LogP contribution in [0, 0.1) is 0 Å². The molecule has 3 aliphatic heterocycles. The zero-order valence-corrected chi connectivity index (χ0v) is 21.8. The van der Waals surface area contributed by atoms with E-state index in [4.69, 9.17) is 9.47 Å². The number of carbonyl (C=O) groups excluding carboxylic acids is 3. The third-order valence-corrected chi connectivity index (χ3v) is 8.46. The molecule has 10 heteroatoms. The van der Waals surface area contributed by atoms with E-state index in [1.807, 2.05) is 44.2 Å². The van der Waals surface area contributed by atoms with Crippen LogP contribution in [-0.4, -0.2) is 88.5 Å². The maximum atomic E-state index is 13.6. The summed E-state index contributed by atoms with van der Waals surface area (Å²) in [6, 6.07) is 7.79. The molecule has 9 nitrogen and oxygen atoms in total. The highest BCUT2D eigenvalue weighted by atomic mass is 32.2. The van der Waals surface area contributed by atoms with Crippen LogP contribution in [0.15, 0.2) is 30.3 Å². The zero-order valence-electron chi connectivity index (χ0n) is 21.0. The first-order chi connectivity index (χ1) is 17.3. The van der Waals surface area contributed by atoms with E-state index in [1.165, 1.54) is 16.7 Å². The minimum Gasteiger partial charge on any atom is -0.381 e. The van der Waals surface area contributed by atoms with Crippen LogP contribution in [0.2, 0.25) is 0 Å². The number of rotatable bonds is 9. The monoisotopic (exact) mass is 519 g/mol. The summed E-state index contributed by atoms with van der Waals surface area (Å²) in [7, 11) is 0. The molecule has 3 heterocycles. The third-order valence-electron chi connectivity index (χ3n) is 7.09. The standard InChI is InChI=1S/C26H37N3O6S/c1-26(2)22(24(32)27-15-18-10-6-12-34-18)29(16-36-26)25(33)21(30)19(14-17-8-4-3-5-9-17)28-23(31)20-11-7-13-35-20/h3-5,8-9,18-22,30H,6-7,10-16H2,1-2H3,(H,27,32)(H,28,31). The molecule has 3 N–H and O–H groups in total. The fourth-order valence-electron chi connectivity index (χ4n) is 5.04. The van der Waals surface area contributed by atoms with Crippen LogP contribution in [0.25, 0.3) is 0 Å². The number of nitrogens with zero attached hydrogens (tertiary/aromatic N) is 1. The van der Waals surface area contributed by atoms with E-state index in [0.717, 1.165) is 24.8 Å². The number of nitrogens with one attached hydrogen (secondary N) is 2. The summed E-state index contributed by atoms with van der Waals surface area (Å²) in [5, 5.41) is 17.1. The maximum Gasteiger partial charge on any atom is 0.254 e. The van der Waals surface area contributed by atoms with E-state index >= 15 is 0 Å². The number of benzene rings is 1. The molecule has 5 unspecified atom stereocenters. The first kappa shape index (κ1) is 26.9. The van der Waals surface area contributed by atoms with E-state index in [1.54, 1.807) is 0 Å². The summed E-state index contributed by atoms with van der Waals surface area (Å²) in [6.07, 6.45) is 1.44. The average molecular weight is 520 g/mol. The molecule has 0 spiro atoms. The van der Waals surface area contributed by atoms with Gasteiger partial charge in [0.15, 0.2) is 6.10 Å². The molecule has 4 rings (SSSR count). The molecule has 0 radical (unpaired) electrons. The number of ether oxygens (including phenoxy) is 2. The molecular formula is C26H37N3O6S. The van der Waals surface area contributed by atoms with Gasteiger partial charge in [0.05, 0.1) is 18.0 Å². The van der Waals surface area contributed by atoms with Gasteiger partial charge < -0.3 is 30.1 Å². The van der Waals surface area contributed by atoms with Crippen LogP contribution in [0.3, 0.4) is 0 Å². The van der Waals surface area contributed by atoms with Crippen molar-refractivity contribution in [3.8, 4) is 0 Å². The quantitative estimate of drug-likeness (QED) is 0.449. The Balaban J connectivity index is 1.48. The first-order valence-electron chi connectivity index (χ1n) is 12.7. The largest absolute Gasteiger partial charge is 0.381 e. The van der Waals surface area contributed by atoms with E-state index in [-0.39, 0.29) is 30.2 Å². The summed E-state index contributed by atoms with van der Waals surface area (Å²) in [5.41, 5.74) is 0.879. The minimum absolute atomic E-state index is 0.0101. The fraction of sp³-hybridized carbons (Fsp3) is 0.654. The van der Waals surface area contributed by atoms with Crippen molar-refractivity contribution >= 4 is 29.5 Å². The van der Waals surface area contributed by atoms with Crippen LogP contribution in [0.1, 0.15) is 45.1 Å². The lowest BCUT2D eigenvalue weighted by Crippen LogP contribution is -2.59. The van der Waals surface area contributed by atoms with Crippen molar-refractivity contribution in [1.82, 2.24) is 15.5 Å². The number of thioether (sulfide) groups is 1. The highest BCUT2D eigenvalue weighted by Crippen LogP contribution is 2.40. The Bertz CT molecular complexity index is 918. The van der Waals surface area contributed by atoms with Gasteiger partial charge in [-0.3, -0.25) is 14.4 Å². The molecule has 0 aliphatic carbocycles. The number of amides is 3. The summed E-state index contributed by atoms with van der Waals surface area (Å²) < 4.78 is 10.6. The van der Waals surface area contributed by atoms with Crippen molar-refractivity contribution in [2.24, 2.45) is 0 Å². The molecule has 3 saturated heterocycles. The van der Waals surface area contributed by atoms with Crippen molar-refractivity contribution < 1.29 is 29.0 Å². The van der Waals surface area contributed by atoms with Gasteiger partial charge in [0, 0.05) is 24.5 Å². The molecule has 0 saturated carbocycles. The van der Waals surface area contributed by atoms with E-state index in [0.29, 0.717) is 26.2 Å². The summed E-state index contributed by atoms with van der Waals surface area (Å²) in [5.74, 6) is -0.885. The Morgan fingerprint density at radius 1 is 1.11 bits per heavy atom. The molecule has 0 aromatic heterocycles. The van der Waals surface area contributed by atoms with Gasteiger partial charge in [0.25, 0.3) is 5.91 Å². The van der Waals surface area contributed by atoms with E-state index in [9.17, 15) is 19.5 Å². The van der Waals surface area contributed by atoms with Crippen molar-refractivity contribution in [3.05, 3.63) is 35.9 Å². The summed E-state index contributed by atoms with van der Waals surface area (Å²) in [6.45, 7) is 5.46.